The molecular weight excluding hydrogens is 289 g/mol. The van der Waals surface area contributed by atoms with Gasteiger partial charge in [-0.25, -0.2) is 0 Å². The van der Waals surface area contributed by atoms with Crippen molar-refractivity contribution in [3.05, 3.63) is 44.5 Å². The predicted octanol–water partition coefficient (Wildman–Crippen LogP) is 1.37. The van der Waals surface area contributed by atoms with Crippen LogP contribution in [0.15, 0.2) is 27.8 Å². The molecule has 2 aromatic rings. The zero-order valence-electron chi connectivity index (χ0n) is 11.4. The molecule has 2 rings (SSSR count). The van der Waals surface area contributed by atoms with Crippen LogP contribution in [0.3, 0.4) is 0 Å². The van der Waals surface area contributed by atoms with Gasteiger partial charge in [0, 0.05) is 20.7 Å². The van der Waals surface area contributed by atoms with Gasteiger partial charge in [0.05, 0.1) is 23.2 Å². The van der Waals surface area contributed by atoms with Gasteiger partial charge in [-0.05, 0) is 18.2 Å². The van der Waals surface area contributed by atoms with E-state index in [-0.39, 0.29) is 24.2 Å². The lowest BCUT2D eigenvalue weighted by atomic mass is 10.1. The molecule has 8 heteroatoms. The van der Waals surface area contributed by atoms with Crippen LogP contribution >= 0.6 is 0 Å². The molecule has 0 unspecified atom stereocenters. The summed E-state index contributed by atoms with van der Waals surface area (Å²) in [5, 5.41) is 0. The quantitative estimate of drug-likeness (QED) is 0.805. The maximum absolute atomic E-state index is 12.8. The summed E-state index contributed by atoms with van der Waals surface area (Å²) < 4.78 is 45.2. The second kappa shape index (κ2) is 5.36. The van der Waals surface area contributed by atoms with E-state index in [9.17, 15) is 22.8 Å². The minimum absolute atomic E-state index is 0.0468. The number of hydrogen-bond acceptors (Lipinski definition) is 3. The molecule has 0 atom stereocenters. The summed E-state index contributed by atoms with van der Waals surface area (Å²) in [7, 11) is 2.70. The number of aryl methyl sites for hydroxylation is 1. The smallest absolute Gasteiger partial charge is 0.383 e. The van der Waals surface area contributed by atoms with Crippen LogP contribution in [0.1, 0.15) is 5.56 Å². The van der Waals surface area contributed by atoms with E-state index < -0.39 is 22.9 Å². The lowest BCUT2D eigenvalue weighted by Gasteiger charge is -2.14. The second-order valence-electron chi connectivity index (χ2n) is 4.52. The molecule has 114 valence electrons. The Balaban J connectivity index is 2.81. The molecule has 1 aromatic heterocycles. The predicted molar refractivity (Wildman–Crippen MR) is 70.3 cm³/mol. The Morgan fingerprint density at radius 3 is 2.38 bits per heavy atom. The van der Waals surface area contributed by atoms with Gasteiger partial charge >= 0.3 is 17.3 Å². The van der Waals surface area contributed by atoms with Gasteiger partial charge in [0.2, 0.25) is 0 Å². The number of alkyl halides is 3. The second-order valence-corrected chi connectivity index (χ2v) is 4.52. The van der Waals surface area contributed by atoms with Crippen molar-refractivity contribution in [3.8, 4) is 0 Å². The van der Waals surface area contributed by atoms with Crippen molar-refractivity contribution < 1.29 is 17.9 Å². The van der Waals surface area contributed by atoms with E-state index in [4.69, 9.17) is 4.74 Å². The molecule has 1 heterocycles. The number of nitrogens with zero attached hydrogens (tertiary/aromatic N) is 2. The zero-order valence-corrected chi connectivity index (χ0v) is 11.4. The van der Waals surface area contributed by atoms with Gasteiger partial charge in [-0.3, -0.25) is 14.2 Å². The molecule has 0 saturated carbocycles. The Hall–Kier alpha value is -2.09. The molecule has 5 nitrogen and oxygen atoms in total. The van der Waals surface area contributed by atoms with Crippen molar-refractivity contribution in [3.63, 3.8) is 0 Å². The average Bonchev–Trinajstić information content (AvgIpc) is 2.43. The van der Waals surface area contributed by atoms with Crippen molar-refractivity contribution >= 4 is 11.0 Å². The molecule has 1 aromatic carbocycles. The molecule has 0 amide bonds. The highest BCUT2D eigenvalue weighted by Crippen LogP contribution is 2.30. The topological polar surface area (TPSA) is 53.2 Å². The normalized spacial score (nSPS) is 12.0. The van der Waals surface area contributed by atoms with Crippen molar-refractivity contribution in [2.24, 2.45) is 7.05 Å². The first-order chi connectivity index (χ1) is 9.77. The van der Waals surface area contributed by atoms with Gasteiger partial charge in [0.25, 0.3) is 0 Å². The third kappa shape index (κ3) is 2.71. The van der Waals surface area contributed by atoms with Crippen LogP contribution < -0.4 is 11.1 Å². The fourth-order valence-electron chi connectivity index (χ4n) is 2.08. The molecule has 0 fully saturated rings. The van der Waals surface area contributed by atoms with Gasteiger partial charge in [-0.1, -0.05) is 0 Å². The summed E-state index contributed by atoms with van der Waals surface area (Å²) in [5.41, 5.74) is -2.24. The molecule has 0 spiro atoms. The Bertz CT molecular complexity index is 790. The summed E-state index contributed by atoms with van der Waals surface area (Å²) >= 11 is 0. The van der Waals surface area contributed by atoms with Crippen LogP contribution in [0, 0.1) is 0 Å². The van der Waals surface area contributed by atoms with Gasteiger partial charge in [-0.15, -0.1) is 0 Å². The minimum atomic E-state index is -4.52. The summed E-state index contributed by atoms with van der Waals surface area (Å²) in [5.74, 6) is 0. The lowest BCUT2D eigenvalue weighted by molar-refractivity contribution is -0.137. The summed E-state index contributed by atoms with van der Waals surface area (Å²) in [6.07, 6.45) is -4.52. The number of ether oxygens (including phenoxy) is 1. The van der Waals surface area contributed by atoms with E-state index in [1.54, 1.807) is 0 Å². The van der Waals surface area contributed by atoms with Gasteiger partial charge in [-0.2, -0.15) is 13.2 Å². The Kier molecular flexibility index (Phi) is 3.91. The minimum Gasteiger partial charge on any atom is -0.383 e. The Morgan fingerprint density at radius 1 is 1.14 bits per heavy atom. The van der Waals surface area contributed by atoms with E-state index in [0.717, 1.165) is 21.3 Å². The molecule has 0 bridgehead atoms. The maximum Gasteiger partial charge on any atom is 0.416 e. The highest BCUT2D eigenvalue weighted by atomic mass is 19.4. The van der Waals surface area contributed by atoms with E-state index >= 15 is 0 Å². The van der Waals surface area contributed by atoms with Crippen molar-refractivity contribution in [1.82, 2.24) is 9.13 Å². The number of fused-ring (bicyclic) bond motifs is 1. The van der Waals surface area contributed by atoms with Gasteiger partial charge in [0.15, 0.2) is 0 Å². The molecular formula is C13H13F3N2O3. The van der Waals surface area contributed by atoms with Crippen molar-refractivity contribution in [1.29, 1.82) is 0 Å². The Morgan fingerprint density at radius 2 is 1.81 bits per heavy atom. The number of methoxy groups -OCH3 is 1. The average molecular weight is 302 g/mol. The number of benzene rings is 1. The SMILES string of the molecule is COCCn1c(=O)c(=O)n(C)c2cc(C(F)(F)F)ccc21. The monoisotopic (exact) mass is 302 g/mol. The fraction of sp³-hybridized carbons (Fsp3) is 0.385. The molecule has 0 aliphatic rings. The van der Waals surface area contributed by atoms with Crippen LogP contribution in [0.5, 0.6) is 0 Å². The van der Waals surface area contributed by atoms with Crippen LogP contribution in [0.2, 0.25) is 0 Å². The summed E-state index contributed by atoms with van der Waals surface area (Å²) in [6, 6.07) is 2.93. The third-order valence-electron chi connectivity index (χ3n) is 3.21. The first-order valence-corrected chi connectivity index (χ1v) is 6.07. The number of rotatable bonds is 3. The third-order valence-corrected chi connectivity index (χ3v) is 3.21. The maximum atomic E-state index is 12.8. The standard InChI is InChI=1S/C13H13F3N2O3/c1-17-10-7-8(13(14,15)16)3-4-9(10)18(5-6-21-2)12(20)11(17)19/h3-4,7H,5-6H2,1-2H3. The molecule has 0 aliphatic heterocycles. The van der Waals surface area contributed by atoms with Gasteiger partial charge < -0.3 is 9.30 Å². The number of aromatic nitrogens is 2. The van der Waals surface area contributed by atoms with E-state index in [0.29, 0.717) is 0 Å². The molecule has 0 N–H and O–H groups in total. The van der Waals surface area contributed by atoms with E-state index in [1.807, 2.05) is 0 Å². The molecule has 21 heavy (non-hydrogen) atoms. The van der Waals surface area contributed by atoms with E-state index in [1.165, 1.54) is 20.2 Å². The Labute approximate surface area is 117 Å². The fourth-order valence-corrected chi connectivity index (χ4v) is 2.08. The van der Waals surface area contributed by atoms with Crippen LogP contribution in [0.4, 0.5) is 13.2 Å². The summed E-state index contributed by atoms with van der Waals surface area (Å²) in [4.78, 5) is 23.8. The largest absolute Gasteiger partial charge is 0.416 e. The lowest BCUT2D eigenvalue weighted by Crippen LogP contribution is -2.41. The van der Waals surface area contributed by atoms with Crippen LogP contribution in [-0.2, 0) is 24.5 Å². The molecule has 0 aliphatic carbocycles. The van der Waals surface area contributed by atoms with Crippen LogP contribution in [-0.4, -0.2) is 22.9 Å². The van der Waals surface area contributed by atoms with Crippen molar-refractivity contribution in [2.45, 2.75) is 12.7 Å². The highest BCUT2D eigenvalue weighted by molar-refractivity contribution is 5.76. The number of hydrogen-bond donors (Lipinski definition) is 0. The van der Waals surface area contributed by atoms with E-state index in [2.05, 4.69) is 0 Å². The van der Waals surface area contributed by atoms with Gasteiger partial charge in [0.1, 0.15) is 0 Å². The molecule has 0 saturated heterocycles. The number of halogens is 3. The van der Waals surface area contributed by atoms with Crippen molar-refractivity contribution in [2.75, 3.05) is 13.7 Å². The molecule has 0 radical (unpaired) electrons. The summed E-state index contributed by atoms with van der Waals surface area (Å²) in [6.45, 7) is 0.260. The highest BCUT2D eigenvalue weighted by Gasteiger charge is 2.31. The zero-order chi connectivity index (χ0) is 15.8. The first kappa shape index (κ1) is 15.3. The first-order valence-electron chi connectivity index (χ1n) is 6.07. The van der Waals surface area contributed by atoms with Crippen LogP contribution in [0.25, 0.3) is 11.0 Å².